The molecule has 1 aromatic carbocycles. The molecule has 1 saturated heterocycles. The first-order valence-electron chi connectivity index (χ1n) is 8.58. The number of carbonyl (C=O) groups excluding carboxylic acids is 1. The van der Waals surface area contributed by atoms with Crippen LogP contribution in [0.2, 0.25) is 0 Å². The van der Waals surface area contributed by atoms with E-state index in [0.717, 1.165) is 31.1 Å². The number of fused-ring (bicyclic) bond motifs is 1. The summed E-state index contributed by atoms with van der Waals surface area (Å²) in [7, 11) is 0. The van der Waals surface area contributed by atoms with Crippen molar-refractivity contribution in [3.05, 3.63) is 52.3 Å². The maximum absolute atomic E-state index is 12.8. The second-order valence-corrected chi connectivity index (χ2v) is 7.87. The third-order valence-corrected chi connectivity index (χ3v) is 5.89. The Morgan fingerprint density at radius 2 is 1.84 bits per heavy atom. The normalized spacial score (nSPS) is 15.2. The summed E-state index contributed by atoms with van der Waals surface area (Å²) >= 11 is 1.61. The van der Waals surface area contributed by atoms with Crippen molar-refractivity contribution in [3.63, 3.8) is 0 Å². The molecule has 0 unspecified atom stereocenters. The van der Waals surface area contributed by atoms with Crippen LogP contribution in [0.5, 0.6) is 0 Å². The number of imidazole rings is 1. The lowest BCUT2D eigenvalue weighted by Crippen LogP contribution is -2.49. The Bertz CT molecular complexity index is 903. The van der Waals surface area contributed by atoms with Gasteiger partial charge >= 0.3 is 0 Å². The molecule has 0 aliphatic carbocycles. The number of aromatic nitrogens is 2. The van der Waals surface area contributed by atoms with Gasteiger partial charge in [-0.15, -0.1) is 11.3 Å². The molecular formula is C19H22N4OS. The lowest BCUT2D eigenvalue weighted by Gasteiger charge is -2.36. The molecule has 0 spiro atoms. The van der Waals surface area contributed by atoms with E-state index in [1.165, 1.54) is 21.7 Å². The Morgan fingerprint density at radius 3 is 2.56 bits per heavy atom. The van der Waals surface area contributed by atoms with Crippen molar-refractivity contribution in [1.82, 2.24) is 14.3 Å². The molecule has 5 nitrogen and oxygen atoms in total. The zero-order chi connectivity index (χ0) is 17.6. The Balaban J connectivity index is 1.46. The van der Waals surface area contributed by atoms with E-state index < -0.39 is 0 Å². The molecule has 1 amide bonds. The maximum Gasteiger partial charge on any atom is 0.274 e. The summed E-state index contributed by atoms with van der Waals surface area (Å²) in [6.07, 6.45) is 3.86. The quantitative estimate of drug-likeness (QED) is 0.709. The molecule has 1 fully saturated rings. The van der Waals surface area contributed by atoms with Crippen LogP contribution in [0, 0.1) is 20.8 Å². The van der Waals surface area contributed by atoms with Crippen LogP contribution in [-0.4, -0.2) is 46.4 Å². The molecule has 4 rings (SSSR count). The van der Waals surface area contributed by atoms with Crippen LogP contribution >= 0.6 is 11.3 Å². The van der Waals surface area contributed by atoms with Crippen LogP contribution in [-0.2, 0) is 0 Å². The van der Waals surface area contributed by atoms with Gasteiger partial charge in [-0.1, -0.05) is 12.1 Å². The number of aryl methyl sites for hydroxylation is 2. The summed E-state index contributed by atoms with van der Waals surface area (Å²) < 4.78 is 1.94. The molecule has 25 heavy (non-hydrogen) atoms. The second kappa shape index (κ2) is 6.19. The number of anilines is 1. The number of benzene rings is 1. The van der Waals surface area contributed by atoms with E-state index >= 15 is 0 Å². The zero-order valence-electron chi connectivity index (χ0n) is 14.8. The van der Waals surface area contributed by atoms with Gasteiger partial charge in [-0.25, -0.2) is 4.98 Å². The van der Waals surface area contributed by atoms with Crippen molar-refractivity contribution in [1.29, 1.82) is 0 Å². The van der Waals surface area contributed by atoms with Gasteiger partial charge in [-0.05, 0) is 38.0 Å². The molecule has 1 aliphatic heterocycles. The SMILES string of the molecule is Cc1cn2cc(C(=O)N3CCN(c4cccc(C)c4C)CC3)nc2s1. The van der Waals surface area contributed by atoms with Gasteiger partial charge in [0.05, 0.1) is 0 Å². The van der Waals surface area contributed by atoms with Gasteiger partial charge in [0.25, 0.3) is 5.91 Å². The molecule has 1 aliphatic rings. The number of hydrogen-bond donors (Lipinski definition) is 0. The summed E-state index contributed by atoms with van der Waals surface area (Å²) in [5.74, 6) is 0.0363. The largest absolute Gasteiger partial charge is 0.368 e. The first-order valence-corrected chi connectivity index (χ1v) is 9.40. The lowest BCUT2D eigenvalue weighted by molar-refractivity contribution is 0.0741. The number of amides is 1. The number of piperazine rings is 1. The third kappa shape index (κ3) is 2.91. The van der Waals surface area contributed by atoms with Crippen molar-refractivity contribution < 1.29 is 4.79 Å². The highest BCUT2D eigenvalue weighted by Crippen LogP contribution is 2.24. The molecule has 3 aromatic rings. The molecule has 0 radical (unpaired) electrons. The van der Waals surface area contributed by atoms with E-state index in [2.05, 4.69) is 41.9 Å². The van der Waals surface area contributed by atoms with Crippen molar-refractivity contribution in [2.75, 3.05) is 31.1 Å². The average molecular weight is 354 g/mol. The molecule has 6 heteroatoms. The highest BCUT2D eigenvalue weighted by Gasteiger charge is 2.25. The van der Waals surface area contributed by atoms with Gasteiger partial charge in [-0.3, -0.25) is 9.20 Å². The molecular weight excluding hydrogens is 332 g/mol. The molecule has 130 valence electrons. The second-order valence-electron chi connectivity index (χ2n) is 6.66. The van der Waals surface area contributed by atoms with Crippen LogP contribution in [0.25, 0.3) is 4.96 Å². The first-order chi connectivity index (χ1) is 12.0. The minimum atomic E-state index is 0.0363. The predicted octanol–water partition coefficient (Wildman–Crippen LogP) is 3.28. The average Bonchev–Trinajstić information content (AvgIpc) is 3.14. The summed E-state index contributed by atoms with van der Waals surface area (Å²) in [6, 6.07) is 6.42. The minimum Gasteiger partial charge on any atom is -0.368 e. The summed E-state index contributed by atoms with van der Waals surface area (Å²) in [4.78, 5) is 23.6. The number of nitrogens with zero attached hydrogens (tertiary/aromatic N) is 4. The van der Waals surface area contributed by atoms with Gasteiger partial charge < -0.3 is 9.80 Å². The fraction of sp³-hybridized carbons (Fsp3) is 0.368. The van der Waals surface area contributed by atoms with Crippen molar-refractivity contribution in [3.8, 4) is 0 Å². The predicted molar refractivity (Wildman–Crippen MR) is 102 cm³/mol. The zero-order valence-corrected chi connectivity index (χ0v) is 15.6. The number of thiazole rings is 1. The van der Waals surface area contributed by atoms with Gasteiger partial charge in [0, 0.05) is 49.1 Å². The Labute approximate surface area is 151 Å². The monoisotopic (exact) mass is 354 g/mol. The topological polar surface area (TPSA) is 40.9 Å². The van der Waals surface area contributed by atoms with E-state index in [0.29, 0.717) is 5.69 Å². The standard InChI is InChI=1S/C19H22N4OS/c1-13-5-4-6-17(15(13)3)21-7-9-22(10-8-21)18(24)16-12-23-11-14(2)25-19(23)20-16/h4-6,11-12H,7-10H2,1-3H3. The summed E-state index contributed by atoms with van der Waals surface area (Å²) in [6.45, 7) is 9.54. The lowest BCUT2D eigenvalue weighted by atomic mass is 10.1. The molecule has 0 bridgehead atoms. The number of carbonyl (C=O) groups is 1. The van der Waals surface area contributed by atoms with E-state index in [9.17, 15) is 4.79 Å². The van der Waals surface area contributed by atoms with Crippen LogP contribution in [0.3, 0.4) is 0 Å². The fourth-order valence-electron chi connectivity index (χ4n) is 3.40. The van der Waals surface area contributed by atoms with E-state index in [1.807, 2.05) is 28.6 Å². The van der Waals surface area contributed by atoms with Crippen LogP contribution < -0.4 is 4.90 Å². The number of hydrogen-bond acceptors (Lipinski definition) is 4. The van der Waals surface area contributed by atoms with Gasteiger partial charge in [0.15, 0.2) is 4.96 Å². The van der Waals surface area contributed by atoms with Crippen molar-refractivity contribution in [2.24, 2.45) is 0 Å². The smallest absolute Gasteiger partial charge is 0.274 e. The highest BCUT2D eigenvalue weighted by atomic mass is 32.1. The fourth-order valence-corrected chi connectivity index (χ4v) is 4.21. The molecule has 3 heterocycles. The molecule has 0 N–H and O–H groups in total. The molecule has 0 atom stereocenters. The van der Waals surface area contributed by atoms with Gasteiger partial charge in [0.2, 0.25) is 0 Å². The Hall–Kier alpha value is -2.34. The van der Waals surface area contributed by atoms with Crippen LogP contribution in [0.1, 0.15) is 26.5 Å². The Morgan fingerprint density at radius 1 is 1.08 bits per heavy atom. The first kappa shape index (κ1) is 16.1. The summed E-state index contributed by atoms with van der Waals surface area (Å²) in [5, 5.41) is 0. The Kier molecular flexibility index (Phi) is 4.00. The number of rotatable bonds is 2. The molecule has 2 aromatic heterocycles. The van der Waals surface area contributed by atoms with Gasteiger partial charge in [0.1, 0.15) is 5.69 Å². The summed E-state index contributed by atoms with van der Waals surface area (Å²) in [5.41, 5.74) is 4.47. The van der Waals surface area contributed by atoms with Crippen LogP contribution in [0.15, 0.2) is 30.6 Å². The highest BCUT2D eigenvalue weighted by molar-refractivity contribution is 7.17. The van der Waals surface area contributed by atoms with Crippen molar-refractivity contribution in [2.45, 2.75) is 20.8 Å². The van der Waals surface area contributed by atoms with Crippen LogP contribution in [0.4, 0.5) is 5.69 Å². The van der Waals surface area contributed by atoms with Gasteiger partial charge in [-0.2, -0.15) is 0 Å². The maximum atomic E-state index is 12.8. The molecule has 0 saturated carbocycles. The van der Waals surface area contributed by atoms with Crippen molar-refractivity contribution >= 4 is 27.9 Å². The third-order valence-electron chi connectivity index (χ3n) is 4.97. The minimum absolute atomic E-state index is 0.0363. The van der Waals surface area contributed by atoms with E-state index in [4.69, 9.17) is 0 Å². The van der Waals surface area contributed by atoms with E-state index in [-0.39, 0.29) is 5.91 Å². The van der Waals surface area contributed by atoms with E-state index in [1.54, 1.807) is 11.3 Å².